The fourth-order valence-electron chi connectivity index (χ4n) is 1.59. The van der Waals surface area contributed by atoms with Crippen molar-refractivity contribution >= 4 is 12.3 Å². The second-order valence-electron chi connectivity index (χ2n) is 3.60. The molecule has 0 radical (unpaired) electrons. The molecule has 0 amide bonds. The van der Waals surface area contributed by atoms with Crippen LogP contribution >= 0.6 is 0 Å². The molecule has 0 aliphatic heterocycles. The molecule has 2 aromatic rings. The van der Waals surface area contributed by atoms with Gasteiger partial charge in [0, 0.05) is 0 Å². The Hall–Kier alpha value is -2.50. The maximum absolute atomic E-state index is 14.1. The molecule has 0 aliphatic rings. The first kappa shape index (κ1) is 12.9. The molecule has 0 atom stereocenters. The first-order valence-corrected chi connectivity index (χ1v) is 5.20. The molecule has 4 nitrogen and oxygen atoms in total. The predicted octanol–water partition coefficient (Wildman–Crippen LogP) is 2.82. The number of rotatable bonds is 3. The van der Waals surface area contributed by atoms with Crippen LogP contribution in [0.4, 0.5) is 8.78 Å². The minimum absolute atomic E-state index is 0.00153. The molecular formula is C13H8F2O4. The summed E-state index contributed by atoms with van der Waals surface area (Å²) < 4.78 is 36.8. The number of carbonyl (C=O) groups excluding carboxylic acids is 2. The van der Waals surface area contributed by atoms with E-state index < -0.39 is 23.2 Å². The molecule has 0 N–H and O–H groups in total. The average Bonchev–Trinajstić information content (AvgIpc) is 2.87. The van der Waals surface area contributed by atoms with Crippen LogP contribution in [0.1, 0.15) is 20.9 Å². The molecule has 0 unspecified atom stereocenters. The molecule has 0 saturated carbocycles. The fourth-order valence-corrected chi connectivity index (χ4v) is 1.59. The summed E-state index contributed by atoms with van der Waals surface area (Å²) in [6.07, 6.45) is 0.451. The fraction of sp³-hybridized carbons (Fsp3) is 0.0769. The van der Waals surface area contributed by atoms with Gasteiger partial charge in [0.25, 0.3) is 0 Å². The van der Waals surface area contributed by atoms with Crippen molar-refractivity contribution in [1.29, 1.82) is 0 Å². The molecule has 0 saturated heterocycles. The summed E-state index contributed by atoms with van der Waals surface area (Å²) in [7, 11) is 1.02. The number of halogens is 2. The van der Waals surface area contributed by atoms with E-state index in [4.69, 9.17) is 4.42 Å². The molecule has 1 heterocycles. The highest BCUT2D eigenvalue weighted by Crippen LogP contribution is 2.28. The van der Waals surface area contributed by atoms with Gasteiger partial charge in [0.2, 0.25) is 0 Å². The largest absolute Gasteiger partial charge is 0.465 e. The Balaban J connectivity index is 2.59. The van der Waals surface area contributed by atoms with Crippen LogP contribution in [0.2, 0.25) is 0 Å². The van der Waals surface area contributed by atoms with Gasteiger partial charge in [0.05, 0.1) is 12.7 Å². The lowest BCUT2D eigenvalue weighted by Crippen LogP contribution is -2.08. The summed E-state index contributed by atoms with van der Waals surface area (Å²) in [5, 5.41) is 0. The van der Waals surface area contributed by atoms with Crippen molar-refractivity contribution in [2.45, 2.75) is 0 Å². The third-order valence-electron chi connectivity index (χ3n) is 2.49. The van der Waals surface area contributed by atoms with Gasteiger partial charge in [-0.2, -0.15) is 0 Å². The average molecular weight is 266 g/mol. The maximum Gasteiger partial charge on any atom is 0.343 e. The number of carbonyl (C=O) groups is 2. The van der Waals surface area contributed by atoms with Crippen LogP contribution in [-0.4, -0.2) is 19.4 Å². The SMILES string of the molecule is COC(=O)c1c(F)ccc(-c2ccc(C=O)o2)c1F. The number of methoxy groups -OCH3 is 1. The van der Waals surface area contributed by atoms with E-state index >= 15 is 0 Å². The molecule has 19 heavy (non-hydrogen) atoms. The Bertz CT molecular complexity index is 646. The van der Waals surface area contributed by atoms with Crippen LogP contribution in [-0.2, 0) is 4.74 Å². The van der Waals surface area contributed by atoms with E-state index in [2.05, 4.69) is 4.74 Å². The zero-order valence-corrected chi connectivity index (χ0v) is 9.78. The molecule has 1 aromatic carbocycles. The highest BCUT2D eigenvalue weighted by molar-refractivity contribution is 5.91. The van der Waals surface area contributed by atoms with Crippen molar-refractivity contribution in [2.24, 2.45) is 0 Å². The zero-order valence-electron chi connectivity index (χ0n) is 9.78. The van der Waals surface area contributed by atoms with Crippen LogP contribution in [0.25, 0.3) is 11.3 Å². The van der Waals surface area contributed by atoms with Gasteiger partial charge in [0.15, 0.2) is 17.9 Å². The highest BCUT2D eigenvalue weighted by atomic mass is 19.1. The Morgan fingerprint density at radius 3 is 2.58 bits per heavy atom. The van der Waals surface area contributed by atoms with Gasteiger partial charge in [-0.15, -0.1) is 0 Å². The summed E-state index contributed by atoms with van der Waals surface area (Å²) in [6, 6.07) is 4.72. The van der Waals surface area contributed by atoms with Crippen molar-refractivity contribution in [3.05, 3.63) is 47.2 Å². The summed E-state index contributed by atoms with van der Waals surface area (Å²) in [5.74, 6) is -3.24. The van der Waals surface area contributed by atoms with Gasteiger partial charge >= 0.3 is 5.97 Å². The van der Waals surface area contributed by atoms with E-state index in [0.717, 1.165) is 19.2 Å². The smallest absolute Gasteiger partial charge is 0.343 e. The summed E-state index contributed by atoms with van der Waals surface area (Å²) in [4.78, 5) is 21.8. The molecule has 2 rings (SSSR count). The number of hydrogen-bond acceptors (Lipinski definition) is 4. The molecular weight excluding hydrogens is 258 g/mol. The van der Waals surface area contributed by atoms with Crippen molar-refractivity contribution in [1.82, 2.24) is 0 Å². The zero-order chi connectivity index (χ0) is 14.0. The highest BCUT2D eigenvalue weighted by Gasteiger charge is 2.23. The molecule has 0 bridgehead atoms. The Morgan fingerprint density at radius 2 is 2.00 bits per heavy atom. The first-order chi connectivity index (χ1) is 9.08. The Morgan fingerprint density at radius 1 is 1.26 bits per heavy atom. The molecule has 0 aliphatic carbocycles. The van der Waals surface area contributed by atoms with E-state index in [1.165, 1.54) is 12.1 Å². The molecule has 98 valence electrons. The lowest BCUT2D eigenvalue weighted by molar-refractivity contribution is 0.0590. The van der Waals surface area contributed by atoms with E-state index in [9.17, 15) is 18.4 Å². The van der Waals surface area contributed by atoms with E-state index in [1.807, 2.05) is 0 Å². The number of aldehydes is 1. The molecule has 6 heteroatoms. The Labute approximate surface area is 106 Å². The lowest BCUT2D eigenvalue weighted by Gasteiger charge is -2.06. The lowest BCUT2D eigenvalue weighted by atomic mass is 10.1. The standard InChI is InChI=1S/C13H8F2O4/c1-18-13(17)11-9(14)4-3-8(12(11)15)10-5-2-7(6-16)19-10/h2-6H,1H3. The number of hydrogen-bond donors (Lipinski definition) is 0. The predicted molar refractivity (Wildman–Crippen MR) is 60.8 cm³/mol. The molecule has 0 fully saturated rings. The summed E-state index contributed by atoms with van der Waals surface area (Å²) in [5.41, 5.74) is -0.932. The van der Waals surface area contributed by atoms with Gasteiger partial charge in [-0.05, 0) is 24.3 Å². The summed E-state index contributed by atoms with van der Waals surface area (Å²) in [6.45, 7) is 0. The van der Waals surface area contributed by atoms with Gasteiger partial charge in [0.1, 0.15) is 17.1 Å². The van der Waals surface area contributed by atoms with Crippen molar-refractivity contribution in [3.63, 3.8) is 0 Å². The van der Waals surface area contributed by atoms with Crippen LogP contribution < -0.4 is 0 Å². The van der Waals surface area contributed by atoms with Crippen LogP contribution in [0.3, 0.4) is 0 Å². The first-order valence-electron chi connectivity index (χ1n) is 5.20. The topological polar surface area (TPSA) is 56.5 Å². The quantitative estimate of drug-likeness (QED) is 0.633. The van der Waals surface area contributed by atoms with Crippen molar-refractivity contribution in [3.8, 4) is 11.3 Å². The maximum atomic E-state index is 14.1. The van der Waals surface area contributed by atoms with E-state index in [1.54, 1.807) is 0 Å². The van der Waals surface area contributed by atoms with E-state index in [0.29, 0.717) is 6.29 Å². The van der Waals surface area contributed by atoms with Gasteiger partial charge in [-0.1, -0.05) is 0 Å². The number of benzene rings is 1. The minimum atomic E-state index is -1.13. The molecule has 1 aromatic heterocycles. The van der Waals surface area contributed by atoms with E-state index in [-0.39, 0.29) is 17.1 Å². The number of esters is 1. The van der Waals surface area contributed by atoms with Crippen molar-refractivity contribution in [2.75, 3.05) is 7.11 Å². The number of furan rings is 1. The monoisotopic (exact) mass is 266 g/mol. The molecule has 0 spiro atoms. The van der Waals surface area contributed by atoms with Crippen LogP contribution in [0, 0.1) is 11.6 Å². The van der Waals surface area contributed by atoms with Gasteiger partial charge in [-0.25, -0.2) is 13.6 Å². The summed E-state index contributed by atoms with van der Waals surface area (Å²) >= 11 is 0. The normalized spacial score (nSPS) is 10.3. The van der Waals surface area contributed by atoms with Gasteiger partial charge in [-0.3, -0.25) is 4.79 Å². The van der Waals surface area contributed by atoms with Crippen molar-refractivity contribution < 1.29 is 27.5 Å². The Kier molecular flexibility index (Phi) is 3.41. The van der Waals surface area contributed by atoms with Crippen LogP contribution in [0.5, 0.6) is 0 Å². The van der Waals surface area contributed by atoms with Crippen LogP contribution in [0.15, 0.2) is 28.7 Å². The third kappa shape index (κ3) is 2.24. The second kappa shape index (κ2) is 5.01. The van der Waals surface area contributed by atoms with Gasteiger partial charge < -0.3 is 9.15 Å². The second-order valence-corrected chi connectivity index (χ2v) is 3.60. The number of ether oxygens (including phenoxy) is 1. The third-order valence-corrected chi connectivity index (χ3v) is 2.49. The minimum Gasteiger partial charge on any atom is -0.465 e.